The maximum atomic E-state index is 13.0. The smallest absolute Gasteiger partial charge is 0.200 e. The van der Waals surface area contributed by atoms with Gasteiger partial charge in [-0.15, -0.1) is 0 Å². The average molecular weight is 302 g/mol. The van der Waals surface area contributed by atoms with E-state index in [0.29, 0.717) is 4.48 Å². The van der Waals surface area contributed by atoms with Crippen molar-refractivity contribution in [3.05, 3.63) is 40.1 Å². The Balaban J connectivity index is 3.23. The third kappa shape index (κ3) is 2.34. The molecule has 0 saturated heterocycles. The Morgan fingerprint density at radius 2 is 1.31 bits per heavy atom. The standard InChI is InChI=1S/C9H5BrF5N/c1-3(10)2-16-9-7(14)5(12)4(11)6(13)8(9)15/h16H,1-2H2. The molecular weight excluding hydrogens is 297 g/mol. The van der Waals surface area contributed by atoms with Gasteiger partial charge < -0.3 is 5.32 Å². The monoisotopic (exact) mass is 301 g/mol. The average Bonchev–Trinajstić information content (AvgIpc) is 2.23. The fraction of sp³-hybridized carbons (Fsp3) is 0.111. The Kier molecular flexibility index (Phi) is 3.90. The Morgan fingerprint density at radius 1 is 0.938 bits per heavy atom. The van der Waals surface area contributed by atoms with Gasteiger partial charge in [-0.2, -0.15) is 0 Å². The van der Waals surface area contributed by atoms with Gasteiger partial charge in [-0.1, -0.05) is 22.5 Å². The molecule has 0 radical (unpaired) electrons. The van der Waals surface area contributed by atoms with Crippen LogP contribution in [0.2, 0.25) is 0 Å². The predicted octanol–water partition coefficient (Wildman–Crippen LogP) is 3.70. The number of anilines is 1. The van der Waals surface area contributed by atoms with Gasteiger partial charge in [0, 0.05) is 11.0 Å². The summed E-state index contributed by atoms with van der Waals surface area (Å²) in [5.74, 6) is -9.95. The highest BCUT2D eigenvalue weighted by Gasteiger charge is 2.25. The molecule has 0 aliphatic carbocycles. The van der Waals surface area contributed by atoms with Gasteiger partial charge in [0.15, 0.2) is 23.3 Å². The number of nitrogens with one attached hydrogen (secondary N) is 1. The number of rotatable bonds is 3. The van der Waals surface area contributed by atoms with Gasteiger partial charge >= 0.3 is 0 Å². The molecule has 1 aromatic carbocycles. The van der Waals surface area contributed by atoms with E-state index in [1.165, 1.54) is 0 Å². The lowest BCUT2D eigenvalue weighted by molar-refractivity contribution is 0.381. The molecule has 0 aromatic heterocycles. The van der Waals surface area contributed by atoms with E-state index in [1.807, 2.05) is 5.32 Å². The molecule has 0 aliphatic heterocycles. The first kappa shape index (κ1) is 13.0. The molecule has 1 N–H and O–H groups in total. The zero-order valence-corrected chi connectivity index (χ0v) is 9.27. The van der Waals surface area contributed by atoms with Gasteiger partial charge in [-0.3, -0.25) is 0 Å². The summed E-state index contributed by atoms with van der Waals surface area (Å²) in [5, 5.41) is 2.05. The van der Waals surface area contributed by atoms with Crippen LogP contribution in [-0.2, 0) is 0 Å². The Bertz CT molecular complexity index is 417. The lowest BCUT2D eigenvalue weighted by Crippen LogP contribution is -2.10. The van der Waals surface area contributed by atoms with E-state index in [9.17, 15) is 22.0 Å². The molecule has 0 bridgehead atoms. The van der Waals surface area contributed by atoms with Crippen LogP contribution in [0.4, 0.5) is 27.6 Å². The van der Waals surface area contributed by atoms with E-state index >= 15 is 0 Å². The summed E-state index contributed by atoms with van der Waals surface area (Å²) in [6.45, 7) is 3.17. The van der Waals surface area contributed by atoms with Gasteiger partial charge in [-0.05, 0) is 0 Å². The SMILES string of the molecule is C=C(Br)CNc1c(F)c(F)c(F)c(F)c1F. The van der Waals surface area contributed by atoms with Crippen LogP contribution < -0.4 is 5.32 Å². The number of hydrogen-bond acceptors (Lipinski definition) is 1. The molecule has 0 saturated carbocycles. The quantitative estimate of drug-likeness (QED) is 0.510. The summed E-state index contributed by atoms with van der Waals surface area (Å²) in [5.41, 5.74) is -1.07. The van der Waals surface area contributed by atoms with E-state index < -0.39 is 34.8 Å². The Hall–Kier alpha value is -1.11. The molecule has 0 fully saturated rings. The van der Waals surface area contributed by atoms with E-state index in [-0.39, 0.29) is 6.54 Å². The molecular formula is C9H5BrF5N. The van der Waals surface area contributed by atoms with Crippen molar-refractivity contribution in [2.75, 3.05) is 11.9 Å². The van der Waals surface area contributed by atoms with Crippen molar-refractivity contribution in [3.63, 3.8) is 0 Å². The van der Waals surface area contributed by atoms with Crippen LogP contribution in [-0.4, -0.2) is 6.54 Å². The van der Waals surface area contributed by atoms with Crippen molar-refractivity contribution in [1.82, 2.24) is 0 Å². The first-order chi connectivity index (χ1) is 7.36. The second kappa shape index (κ2) is 4.82. The van der Waals surface area contributed by atoms with Gasteiger partial charge in [0.2, 0.25) is 5.82 Å². The van der Waals surface area contributed by atoms with Crippen LogP contribution in [0.3, 0.4) is 0 Å². The van der Waals surface area contributed by atoms with Crippen molar-refractivity contribution < 1.29 is 22.0 Å². The van der Waals surface area contributed by atoms with Crippen molar-refractivity contribution >= 4 is 21.6 Å². The molecule has 0 spiro atoms. The minimum Gasteiger partial charge on any atom is -0.376 e. The molecule has 1 aromatic rings. The summed E-state index contributed by atoms with van der Waals surface area (Å²) in [4.78, 5) is 0. The zero-order chi connectivity index (χ0) is 12.5. The summed E-state index contributed by atoms with van der Waals surface area (Å²) in [7, 11) is 0. The topological polar surface area (TPSA) is 12.0 Å². The number of hydrogen-bond donors (Lipinski definition) is 1. The molecule has 1 rings (SSSR count). The maximum absolute atomic E-state index is 13.0. The van der Waals surface area contributed by atoms with Crippen LogP contribution in [0.1, 0.15) is 0 Å². The fourth-order valence-corrected chi connectivity index (χ4v) is 1.08. The maximum Gasteiger partial charge on any atom is 0.200 e. The molecule has 1 nitrogen and oxygen atoms in total. The fourth-order valence-electron chi connectivity index (χ4n) is 0.944. The largest absolute Gasteiger partial charge is 0.376 e. The lowest BCUT2D eigenvalue weighted by Gasteiger charge is -2.09. The van der Waals surface area contributed by atoms with E-state index in [4.69, 9.17) is 0 Å². The predicted molar refractivity (Wildman–Crippen MR) is 52.8 cm³/mol. The van der Waals surface area contributed by atoms with Crippen molar-refractivity contribution in [2.24, 2.45) is 0 Å². The van der Waals surface area contributed by atoms with Crippen LogP contribution in [0, 0.1) is 29.1 Å². The number of benzene rings is 1. The van der Waals surface area contributed by atoms with Gasteiger partial charge in [0.05, 0.1) is 0 Å². The van der Waals surface area contributed by atoms with Crippen molar-refractivity contribution in [1.29, 1.82) is 0 Å². The van der Waals surface area contributed by atoms with Crippen LogP contribution >= 0.6 is 15.9 Å². The highest BCUT2D eigenvalue weighted by Crippen LogP contribution is 2.27. The Morgan fingerprint density at radius 3 is 1.69 bits per heavy atom. The zero-order valence-electron chi connectivity index (χ0n) is 7.68. The highest BCUT2D eigenvalue weighted by molar-refractivity contribution is 9.11. The van der Waals surface area contributed by atoms with E-state index in [1.54, 1.807) is 0 Å². The van der Waals surface area contributed by atoms with Crippen molar-refractivity contribution in [3.8, 4) is 0 Å². The molecule has 0 amide bonds. The van der Waals surface area contributed by atoms with E-state index in [2.05, 4.69) is 22.5 Å². The summed E-state index contributed by atoms with van der Waals surface area (Å²) in [6.07, 6.45) is 0. The second-order valence-electron chi connectivity index (χ2n) is 2.82. The number of halogens is 6. The van der Waals surface area contributed by atoms with Crippen LogP contribution in [0.5, 0.6) is 0 Å². The second-order valence-corrected chi connectivity index (χ2v) is 3.94. The molecule has 0 aliphatic rings. The molecule has 16 heavy (non-hydrogen) atoms. The molecule has 88 valence electrons. The minimum absolute atomic E-state index is 0.168. The highest BCUT2D eigenvalue weighted by atomic mass is 79.9. The van der Waals surface area contributed by atoms with E-state index in [0.717, 1.165) is 0 Å². The minimum atomic E-state index is -2.18. The summed E-state index contributed by atoms with van der Waals surface area (Å²) < 4.78 is 64.3. The summed E-state index contributed by atoms with van der Waals surface area (Å²) >= 11 is 2.87. The lowest BCUT2D eigenvalue weighted by atomic mass is 10.2. The van der Waals surface area contributed by atoms with Gasteiger partial charge in [0.25, 0.3) is 0 Å². The first-order valence-corrected chi connectivity index (χ1v) is 4.74. The summed E-state index contributed by atoms with van der Waals surface area (Å²) in [6, 6.07) is 0. The first-order valence-electron chi connectivity index (χ1n) is 3.94. The molecule has 7 heteroatoms. The van der Waals surface area contributed by atoms with Crippen LogP contribution in [0.15, 0.2) is 11.1 Å². The Labute approximate surface area is 96.1 Å². The van der Waals surface area contributed by atoms with Crippen molar-refractivity contribution in [2.45, 2.75) is 0 Å². The van der Waals surface area contributed by atoms with Crippen LogP contribution in [0.25, 0.3) is 0 Å². The molecule has 0 atom stereocenters. The molecule has 0 heterocycles. The third-order valence-electron chi connectivity index (χ3n) is 1.67. The normalized spacial score (nSPS) is 10.4. The van der Waals surface area contributed by atoms with Gasteiger partial charge in [-0.25, -0.2) is 22.0 Å². The third-order valence-corrected chi connectivity index (χ3v) is 1.95. The molecule has 0 unspecified atom stereocenters. The van der Waals surface area contributed by atoms with Gasteiger partial charge in [0.1, 0.15) is 5.69 Å².